The van der Waals surface area contributed by atoms with E-state index in [9.17, 15) is 9.18 Å². The van der Waals surface area contributed by atoms with Crippen LogP contribution in [0.2, 0.25) is 0 Å². The quantitative estimate of drug-likeness (QED) is 0.781. The number of rotatable bonds is 0. The molecule has 0 aliphatic rings. The monoisotopic (exact) mass is 251 g/mol. The van der Waals surface area contributed by atoms with Gasteiger partial charge >= 0.3 is 6.09 Å². The highest BCUT2D eigenvalue weighted by Crippen LogP contribution is 2.22. The molecule has 1 heterocycles. The SMILES string of the molecule is CC(C)(C)OC(=O)n1nc(N)c2cc(F)ccc21. The highest BCUT2D eigenvalue weighted by Gasteiger charge is 2.21. The van der Waals surface area contributed by atoms with Gasteiger partial charge in [-0.25, -0.2) is 9.18 Å². The highest BCUT2D eigenvalue weighted by molar-refractivity contribution is 5.94. The predicted octanol–water partition coefficient (Wildman–Crippen LogP) is 2.54. The fraction of sp³-hybridized carbons (Fsp3) is 0.333. The number of carbonyl (C=O) groups excluding carboxylic acids is 1. The topological polar surface area (TPSA) is 70.1 Å². The first kappa shape index (κ1) is 12.3. The van der Waals surface area contributed by atoms with Crippen molar-refractivity contribution in [3.8, 4) is 0 Å². The summed E-state index contributed by atoms with van der Waals surface area (Å²) >= 11 is 0. The van der Waals surface area contributed by atoms with Crippen molar-refractivity contribution in [1.29, 1.82) is 0 Å². The van der Waals surface area contributed by atoms with E-state index in [0.717, 1.165) is 4.68 Å². The van der Waals surface area contributed by atoms with Gasteiger partial charge in [-0.3, -0.25) is 0 Å². The second kappa shape index (κ2) is 3.97. The average Bonchev–Trinajstić information content (AvgIpc) is 2.54. The van der Waals surface area contributed by atoms with Crippen LogP contribution < -0.4 is 5.73 Å². The van der Waals surface area contributed by atoms with E-state index in [1.807, 2.05) is 0 Å². The summed E-state index contributed by atoms with van der Waals surface area (Å²) in [5.41, 5.74) is 5.43. The Labute approximate surface area is 103 Å². The van der Waals surface area contributed by atoms with Crippen LogP contribution in [0.4, 0.5) is 15.0 Å². The Morgan fingerprint density at radius 3 is 2.72 bits per heavy atom. The zero-order chi connectivity index (χ0) is 13.5. The maximum absolute atomic E-state index is 13.1. The first-order valence-corrected chi connectivity index (χ1v) is 5.45. The van der Waals surface area contributed by atoms with Gasteiger partial charge in [-0.1, -0.05) is 0 Å². The number of nitrogens with zero attached hydrogens (tertiary/aromatic N) is 2. The lowest BCUT2D eigenvalue weighted by Crippen LogP contribution is -2.27. The molecule has 0 fully saturated rings. The van der Waals surface area contributed by atoms with E-state index in [2.05, 4.69) is 5.10 Å². The summed E-state index contributed by atoms with van der Waals surface area (Å²) in [6.07, 6.45) is -0.643. The minimum absolute atomic E-state index is 0.0929. The van der Waals surface area contributed by atoms with Gasteiger partial charge in [-0.2, -0.15) is 4.68 Å². The van der Waals surface area contributed by atoms with Crippen molar-refractivity contribution in [2.75, 3.05) is 5.73 Å². The number of hydrogen-bond donors (Lipinski definition) is 1. The molecule has 0 aliphatic carbocycles. The van der Waals surface area contributed by atoms with Gasteiger partial charge < -0.3 is 10.5 Å². The molecule has 1 aromatic heterocycles. The summed E-state index contributed by atoms with van der Waals surface area (Å²) in [6.45, 7) is 5.25. The summed E-state index contributed by atoms with van der Waals surface area (Å²) in [5.74, 6) is -0.340. The number of nitrogen functional groups attached to an aromatic ring is 1. The number of hydrogen-bond acceptors (Lipinski definition) is 4. The van der Waals surface area contributed by atoms with Crippen LogP contribution in [0.15, 0.2) is 18.2 Å². The molecular weight excluding hydrogens is 237 g/mol. The molecule has 0 atom stereocenters. The van der Waals surface area contributed by atoms with E-state index < -0.39 is 17.5 Å². The predicted molar refractivity (Wildman–Crippen MR) is 65.7 cm³/mol. The van der Waals surface area contributed by atoms with Crippen molar-refractivity contribution in [2.45, 2.75) is 26.4 Å². The van der Waals surface area contributed by atoms with Crippen LogP contribution in [-0.4, -0.2) is 21.5 Å². The van der Waals surface area contributed by atoms with Crippen LogP contribution in [-0.2, 0) is 4.74 Å². The zero-order valence-corrected chi connectivity index (χ0v) is 10.4. The first-order chi connectivity index (χ1) is 8.28. The van der Waals surface area contributed by atoms with E-state index in [1.54, 1.807) is 20.8 Å². The van der Waals surface area contributed by atoms with Gasteiger partial charge in [0.05, 0.1) is 5.52 Å². The number of halogens is 1. The summed E-state index contributed by atoms with van der Waals surface area (Å²) in [5, 5.41) is 4.26. The molecule has 0 aliphatic heterocycles. The Balaban J connectivity index is 2.49. The third kappa shape index (κ3) is 2.27. The summed E-state index contributed by atoms with van der Waals surface area (Å²) in [7, 11) is 0. The van der Waals surface area contributed by atoms with Crippen molar-refractivity contribution in [3.63, 3.8) is 0 Å². The molecule has 6 heteroatoms. The third-order valence-corrected chi connectivity index (χ3v) is 2.24. The van der Waals surface area contributed by atoms with E-state index >= 15 is 0 Å². The molecule has 0 saturated carbocycles. The average molecular weight is 251 g/mol. The van der Waals surface area contributed by atoms with Gasteiger partial charge in [-0.15, -0.1) is 5.10 Å². The Hall–Kier alpha value is -2.11. The standard InChI is InChI=1S/C12H14FN3O2/c1-12(2,3)18-11(17)16-9-5-4-7(13)6-8(9)10(14)15-16/h4-6H,1-3H3,(H2,14,15). The number of nitrogens with two attached hydrogens (primary N) is 1. The van der Waals surface area contributed by atoms with Crippen LogP contribution >= 0.6 is 0 Å². The molecule has 1 aromatic carbocycles. The van der Waals surface area contributed by atoms with Crippen molar-refractivity contribution < 1.29 is 13.9 Å². The van der Waals surface area contributed by atoms with Gasteiger partial charge in [0.25, 0.3) is 0 Å². The highest BCUT2D eigenvalue weighted by atomic mass is 19.1. The molecule has 2 rings (SSSR count). The minimum atomic E-state index is -0.643. The summed E-state index contributed by atoms with van der Waals surface area (Å²) in [4.78, 5) is 11.9. The molecule has 0 radical (unpaired) electrons. The zero-order valence-electron chi connectivity index (χ0n) is 10.4. The van der Waals surface area contributed by atoms with Crippen LogP contribution in [0, 0.1) is 5.82 Å². The summed E-state index contributed by atoms with van der Waals surface area (Å²) < 4.78 is 19.3. The molecule has 0 spiro atoms. The van der Waals surface area contributed by atoms with Crippen LogP contribution in [0.25, 0.3) is 10.9 Å². The van der Waals surface area contributed by atoms with Gasteiger partial charge in [-0.05, 0) is 39.0 Å². The fourth-order valence-electron chi connectivity index (χ4n) is 1.56. The largest absolute Gasteiger partial charge is 0.442 e. The van der Waals surface area contributed by atoms with Gasteiger partial charge in [0.15, 0.2) is 5.82 Å². The van der Waals surface area contributed by atoms with E-state index in [-0.39, 0.29) is 5.82 Å². The van der Waals surface area contributed by atoms with Gasteiger partial charge in [0.2, 0.25) is 0 Å². The molecular formula is C12H14FN3O2. The third-order valence-electron chi connectivity index (χ3n) is 2.24. The Kier molecular flexibility index (Phi) is 2.73. The van der Waals surface area contributed by atoms with Crippen molar-refractivity contribution in [1.82, 2.24) is 9.78 Å². The van der Waals surface area contributed by atoms with E-state index in [1.165, 1.54) is 18.2 Å². The molecule has 2 N–H and O–H groups in total. The number of ether oxygens (including phenoxy) is 1. The Morgan fingerprint density at radius 1 is 1.44 bits per heavy atom. The molecule has 0 saturated heterocycles. The second-order valence-corrected chi connectivity index (χ2v) is 4.94. The Morgan fingerprint density at radius 2 is 2.11 bits per heavy atom. The molecule has 5 nitrogen and oxygen atoms in total. The maximum Gasteiger partial charge on any atom is 0.435 e. The lowest BCUT2D eigenvalue weighted by Gasteiger charge is -2.19. The number of benzene rings is 1. The fourth-order valence-corrected chi connectivity index (χ4v) is 1.56. The first-order valence-electron chi connectivity index (χ1n) is 5.45. The van der Waals surface area contributed by atoms with E-state index in [0.29, 0.717) is 10.9 Å². The molecule has 0 bridgehead atoms. The van der Waals surface area contributed by atoms with Crippen LogP contribution in [0.3, 0.4) is 0 Å². The number of carbonyl (C=O) groups is 1. The molecule has 96 valence electrons. The molecule has 18 heavy (non-hydrogen) atoms. The number of fused-ring (bicyclic) bond motifs is 1. The molecule has 0 amide bonds. The number of aromatic nitrogens is 2. The lowest BCUT2D eigenvalue weighted by molar-refractivity contribution is 0.0523. The van der Waals surface area contributed by atoms with Crippen molar-refractivity contribution in [3.05, 3.63) is 24.0 Å². The van der Waals surface area contributed by atoms with Crippen molar-refractivity contribution in [2.24, 2.45) is 0 Å². The van der Waals surface area contributed by atoms with Crippen LogP contribution in [0.1, 0.15) is 20.8 Å². The minimum Gasteiger partial charge on any atom is -0.442 e. The summed E-state index contributed by atoms with van der Waals surface area (Å²) in [6, 6.07) is 3.92. The molecule has 2 aromatic rings. The number of anilines is 1. The van der Waals surface area contributed by atoms with E-state index in [4.69, 9.17) is 10.5 Å². The Bertz CT molecular complexity index is 614. The van der Waals surface area contributed by atoms with Gasteiger partial charge in [0, 0.05) is 5.39 Å². The molecule has 0 unspecified atom stereocenters. The maximum atomic E-state index is 13.1. The van der Waals surface area contributed by atoms with Gasteiger partial charge in [0.1, 0.15) is 11.4 Å². The smallest absolute Gasteiger partial charge is 0.435 e. The second-order valence-electron chi connectivity index (χ2n) is 4.94. The normalized spacial score (nSPS) is 11.8. The van der Waals surface area contributed by atoms with Crippen molar-refractivity contribution >= 4 is 22.8 Å². The lowest BCUT2D eigenvalue weighted by atomic mass is 10.2. The van der Waals surface area contributed by atoms with Crippen LogP contribution in [0.5, 0.6) is 0 Å².